The summed E-state index contributed by atoms with van der Waals surface area (Å²) in [6, 6.07) is 5.51. The number of hydrogen-bond acceptors (Lipinski definition) is 5. The van der Waals surface area contributed by atoms with Crippen molar-refractivity contribution < 1.29 is 28.7 Å². The van der Waals surface area contributed by atoms with Gasteiger partial charge < -0.3 is 20.0 Å². The standard InChI is InChI=1S/C16H17FN2O5/c1-16(15(22)18-11-6-13(14(20)21)23-8-11)7-12(19-24-16)9-3-2-4-10(17)5-9/h2-5,11,13H,6-8H2,1H3,(H,18,22)(H,20,21). The highest BCUT2D eigenvalue weighted by atomic mass is 19.1. The summed E-state index contributed by atoms with van der Waals surface area (Å²) < 4.78 is 18.4. The molecular weight excluding hydrogens is 319 g/mol. The van der Waals surface area contributed by atoms with Gasteiger partial charge in [0.2, 0.25) is 5.60 Å². The molecule has 24 heavy (non-hydrogen) atoms. The molecule has 0 bridgehead atoms. The fraction of sp³-hybridized carbons (Fsp3) is 0.438. The van der Waals surface area contributed by atoms with E-state index in [0.717, 1.165) is 0 Å². The lowest BCUT2D eigenvalue weighted by atomic mass is 9.94. The third-order valence-electron chi connectivity index (χ3n) is 4.11. The van der Waals surface area contributed by atoms with Crippen LogP contribution in [0, 0.1) is 5.82 Å². The van der Waals surface area contributed by atoms with Gasteiger partial charge in [0.1, 0.15) is 5.82 Å². The Hall–Kier alpha value is -2.48. The van der Waals surface area contributed by atoms with E-state index in [-0.39, 0.29) is 19.4 Å². The fourth-order valence-corrected chi connectivity index (χ4v) is 2.72. The van der Waals surface area contributed by atoms with Gasteiger partial charge in [0.15, 0.2) is 6.10 Å². The van der Waals surface area contributed by atoms with Crippen molar-refractivity contribution in [3.05, 3.63) is 35.6 Å². The van der Waals surface area contributed by atoms with Crippen LogP contribution in [0.25, 0.3) is 0 Å². The Morgan fingerprint density at radius 3 is 2.92 bits per heavy atom. The number of rotatable bonds is 4. The molecule has 0 aromatic heterocycles. The van der Waals surface area contributed by atoms with E-state index in [1.54, 1.807) is 19.1 Å². The van der Waals surface area contributed by atoms with E-state index in [2.05, 4.69) is 10.5 Å². The van der Waals surface area contributed by atoms with Crippen molar-refractivity contribution in [2.75, 3.05) is 6.61 Å². The van der Waals surface area contributed by atoms with Crippen LogP contribution in [-0.2, 0) is 19.2 Å². The molecule has 128 valence electrons. The SMILES string of the molecule is CC1(C(=O)NC2COC(C(=O)O)C2)CC(c2cccc(F)c2)=NO1. The van der Waals surface area contributed by atoms with Crippen LogP contribution in [0.2, 0.25) is 0 Å². The molecule has 0 aliphatic carbocycles. The number of hydrogen-bond donors (Lipinski definition) is 2. The number of amides is 1. The molecule has 2 aliphatic rings. The monoisotopic (exact) mass is 336 g/mol. The number of nitrogens with zero attached hydrogens (tertiary/aromatic N) is 1. The molecule has 7 nitrogen and oxygen atoms in total. The van der Waals surface area contributed by atoms with E-state index in [4.69, 9.17) is 14.7 Å². The lowest BCUT2D eigenvalue weighted by Gasteiger charge is -2.22. The molecule has 1 amide bonds. The maximum Gasteiger partial charge on any atom is 0.332 e. The van der Waals surface area contributed by atoms with Gasteiger partial charge >= 0.3 is 5.97 Å². The number of nitrogens with one attached hydrogen (secondary N) is 1. The molecule has 1 saturated heterocycles. The van der Waals surface area contributed by atoms with Crippen molar-refractivity contribution in [3.63, 3.8) is 0 Å². The van der Waals surface area contributed by atoms with Gasteiger partial charge in [-0.15, -0.1) is 0 Å². The topological polar surface area (TPSA) is 97.2 Å². The molecule has 2 aliphatic heterocycles. The highest BCUT2D eigenvalue weighted by molar-refractivity contribution is 6.05. The van der Waals surface area contributed by atoms with Crippen LogP contribution in [0.3, 0.4) is 0 Å². The fourth-order valence-electron chi connectivity index (χ4n) is 2.72. The summed E-state index contributed by atoms with van der Waals surface area (Å²) in [5, 5.41) is 15.5. The van der Waals surface area contributed by atoms with Crippen LogP contribution in [0.5, 0.6) is 0 Å². The molecule has 2 heterocycles. The second kappa shape index (κ2) is 6.20. The number of benzene rings is 1. The summed E-state index contributed by atoms with van der Waals surface area (Å²) in [7, 11) is 0. The van der Waals surface area contributed by atoms with E-state index >= 15 is 0 Å². The number of oxime groups is 1. The predicted molar refractivity (Wildman–Crippen MR) is 81.0 cm³/mol. The zero-order valence-corrected chi connectivity index (χ0v) is 13.0. The first kappa shape index (κ1) is 16.4. The third kappa shape index (κ3) is 3.23. The van der Waals surface area contributed by atoms with Crippen molar-refractivity contribution in [1.82, 2.24) is 5.32 Å². The average molecular weight is 336 g/mol. The Kier molecular flexibility index (Phi) is 4.23. The molecule has 2 N–H and O–H groups in total. The molecule has 3 rings (SSSR count). The summed E-state index contributed by atoms with van der Waals surface area (Å²) in [5.74, 6) is -1.85. The maximum absolute atomic E-state index is 13.3. The Morgan fingerprint density at radius 2 is 2.25 bits per heavy atom. The number of ether oxygens (including phenoxy) is 1. The second-order valence-corrected chi connectivity index (χ2v) is 6.11. The second-order valence-electron chi connectivity index (χ2n) is 6.11. The maximum atomic E-state index is 13.3. The van der Waals surface area contributed by atoms with E-state index in [9.17, 15) is 14.0 Å². The smallest absolute Gasteiger partial charge is 0.332 e. The minimum Gasteiger partial charge on any atom is -0.479 e. The van der Waals surface area contributed by atoms with Crippen LogP contribution < -0.4 is 5.32 Å². The van der Waals surface area contributed by atoms with Gasteiger partial charge in [-0.2, -0.15) is 0 Å². The van der Waals surface area contributed by atoms with Crippen LogP contribution in [0.4, 0.5) is 4.39 Å². The zero-order chi connectivity index (χ0) is 17.3. The van der Waals surface area contributed by atoms with E-state index in [1.165, 1.54) is 12.1 Å². The van der Waals surface area contributed by atoms with Gasteiger partial charge in [-0.1, -0.05) is 17.3 Å². The van der Waals surface area contributed by atoms with Gasteiger partial charge in [-0.05, 0) is 19.1 Å². The minimum absolute atomic E-state index is 0.135. The van der Waals surface area contributed by atoms with Crippen LogP contribution in [0.1, 0.15) is 25.3 Å². The first-order valence-electron chi connectivity index (χ1n) is 7.54. The molecule has 3 atom stereocenters. The average Bonchev–Trinajstić information content (AvgIpc) is 3.15. The van der Waals surface area contributed by atoms with Gasteiger partial charge in [0.05, 0.1) is 18.4 Å². The van der Waals surface area contributed by atoms with Crippen molar-refractivity contribution >= 4 is 17.6 Å². The number of carbonyl (C=O) groups is 2. The van der Waals surface area contributed by atoms with Crippen molar-refractivity contribution in [2.24, 2.45) is 5.16 Å². The summed E-state index contributed by atoms with van der Waals surface area (Å²) in [5.41, 5.74) is -0.178. The molecule has 1 aromatic rings. The van der Waals surface area contributed by atoms with Crippen LogP contribution in [-0.4, -0.2) is 47.0 Å². The lowest BCUT2D eigenvalue weighted by Crippen LogP contribution is -2.49. The molecule has 8 heteroatoms. The van der Waals surface area contributed by atoms with Crippen molar-refractivity contribution in [3.8, 4) is 0 Å². The quantitative estimate of drug-likeness (QED) is 0.857. The molecular formula is C16H17FN2O5. The minimum atomic E-state index is -1.22. The normalized spacial score (nSPS) is 29.0. The van der Waals surface area contributed by atoms with Crippen LogP contribution >= 0.6 is 0 Å². The number of carbonyl (C=O) groups excluding carboxylic acids is 1. The first-order chi connectivity index (χ1) is 11.4. The summed E-state index contributed by atoms with van der Waals surface area (Å²) >= 11 is 0. The van der Waals surface area contributed by atoms with Crippen molar-refractivity contribution in [1.29, 1.82) is 0 Å². The number of aliphatic carboxylic acids is 1. The van der Waals surface area contributed by atoms with Gasteiger partial charge in [0.25, 0.3) is 5.91 Å². The molecule has 1 fully saturated rings. The molecule has 3 unspecified atom stereocenters. The number of carboxylic acids is 1. The van der Waals surface area contributed by atoms with Gasteiger partial charge in [0, 0.05) is 18.4 Å². The van der Waals surface area contributed by atoms with Crippen LogP contribution in [0.15, 0.2) is 29.4 Å². The molecule has 0 spiro atoms. The first-order valence-corrected chi connectivity index (χ1v) is 7.54. The number of carboxylic acid groups (broad SMARTS) is 1. The third-order valence-corrected chi connectivity index (χ3v) is 4.11. The molecule has 0 saturated carbocycles. The predicted octanol–water partition coefficient (Wildman–Crippen LogP) is 1.07. The highest BCUT2D eigenvalue weighted by Crippen LogP contribution is 2.27. The summed E-state index contributed by atoms with van der Waals surface area (Å²) in [6.45, 7) is 1.72. The summed E-state index contributed by atoms with van der Waals surface area (Å²) in [4.78, 5) is 28.6. The van der Waals surface area contributed by atoms with Crippen molar-refractivity contribution in [2.45, 2.75) is 37.5 Å². The lowest BCUT2D eigenvalue weighted by molar-refractivity contribution is -0.147. The Labute approximate surface area is 137 Å². The van der Waals surface area contributed by atoms with Gasteiger partial charge in [-0.25, -0.2) is 9.18 Å². The largest absolute Gasteiger partial charge is 0.479 e. The summed E-state index contributed by atoms with van der Waals surface area (Å²) in [6.07, 6.45) is -0.515. The Balaban J connectivity index is 1.61. The molecule has 1 aromatic carbocycles. The van der Waals surface area contributed by atoms with E-state index < -0.39 is 35.4 Å². The number of halogens is 1. The highest BCUT2D eigenvalue weighted by Gasteiger charge is 2.44. The van der Waals surface area contributed by atoms with Gasteiger partial charge in [-0.3, -0.25) is 4.79 Å². The zero-order valence-electron chi connectivity index (χ0n) is 13.0. The molecule has 0 radical (unpaired) electrons. The van der Waals surface area contributed by atoms with E-state index in [0.29, 0.717) is 11.3 Å². The Morgan fingerprint density at radius 1 is 1.46 bits per heavy atom. The Bertz CT molecular complexity index is 707. The van der Waals surface area contributed by atoms with E-state index in [1.807, 2.05) is 0 Å².